The van der Waals surface area contributed by atoms with E-state index in [9.17, 15) is 4.79 Å². The summed E-state index contributed by atoms with van der Waals surface area (Å²) in [4.78, 5) is 21.8. The van der Waals surface area contributed by atoms with Crippen LogP contribution in [0.2, 0.25) is 0 Å². The second kappa shape index (κ2) is 9.87. The van der Waals surface area contributed by atoms with E-state index in [-0.39, 0.29) is 5.91 Å². The molecule has 3 heterocycles. The molecule has 0 saturated carbocycles. The van der Waals surface area contributed by atoms with Crippen molar-refractivity contribution in [2.45, 2.75) is 33.2 Å². The van der Waals surface area contributed by atoms with Crippen LogP contribution in [0, 0.1) is 6.92 Å². The molecule has 36 heavy (non-hydrogen) atoms. The van der Waals surface area contributed by atoms with Gasteiger partial charge >= 0.3 is 0 Å². The maximum atomic E-state index is 13.3. The van der Waals surface area contributed by atoms with Gasteiger partial charge in [-0.15, -0.1) is 5.10 Å². The van der Waals surface area contributed by atoms with Gasteiger partial charge in [0.15, 0.2) is 5.82 Å². The van der Waals surface area contributed by atoms with Gasteiger partial charge in [-0.1, -0.05) is 41.9 Å². The van der Waals surface area contributed by atoms with Crippen LogP contribution in [-0.2, 0) is 6.42 Å². The molecular formula is C26H24N8O2. The second-order valence-corrected chi connectivity index (χ2v) is 8.38. The van der Waals surface area contributed by atoms with Gasteiger partial charge in [-0.05, 0) is 65.7 Å². The summed E-state index contributed by atoms with van der Waals surface area (Å²) in [5.41, 5.74) is 4.95. The molecule has 1 atom stereocenters. The van der Waals surface area contributed by atoms with E-state index in [1.54, 1.807) is 42.2 Å². The fourth-order valence-electron chi connectivity index (χ4n) is 3.78. The van der Waals surface area contributed by atoms with E-state index in [4.69, 9.17) is 4.52 Å². The number of nitrogens with one attached hydrogen (secondary N) is 1. The maximum absolute atomic E-state index is 13.3. The summed E-state index contributed by atoms with van der Waals surface area (Å²) in [6.45, 7) is 5.81. The number of rotatable bonds is 7. The molecule has 0 fully saturated rings. The highest BCUT2D eigenvalue weighted by atomic mass is 16.5. The minimum absolute atomic E-state index is 0.285. The third kappa shape index (κ3) is 4.74. The van der Waals surface area contributed by atoms with Gasteiger partial charge in [0.1, 0.15) is 6.04 Å². The van der Waals surface area contributed by atoms with Crippen LogP contribution in [0.3, 0.4) is 0 Å². The number of hydrogen-bond donors (Lipinski definition) is 1. The zero-order chi connectivity index (χ0) is 25.1. The zero-order valence-corrected chi connectivity index (χ0v) is 20.1. The predicted molar refractivity (Wildman–Crippen MR) is 132 cm³/mol. The molecule has 0 spiro atoms. The average molecular weight is 481 g/mol. The Morgan fingerprint density at radius 2 is 1.81 bits per heavy atom. The number of aromatic nitrogens is 7. The molecular weight excluding hydrogens is 456 g/mol. The molecule has 180 valence electrons. The molecule has 1 N–H and O–H groups in total. The molecule has 0 aliphatic heterocycles. The first-order chi connectivity index (χ1) is 17.5. The van der Waals surface area contributed by atoms with Gasteiger partial charge in [-0.2, -0.15) is 9.67 Å². The minimum Gasteiger partial charge on any atom is -0.341 e. The number of pyridine rings is 1. The van der Waals surface area contributed by atoms with Crippen LogP contribution in [0.25, 0.3) is 28.2 Å². The highest BCUT2D eigenvalue weighted by molar-refractivity contribution is 5.96. The monoisotopic (exact) mass is 480 g/mol. The molecule has 5 rings (SSSR count). The Hall–Kier alpha value is -4.73. The summed E-state index contributed by atoms with van der Waals surface area (Å²) >= 11 is 0. The lowest BCUT2D eigenvalue weighted by atomic mass is 10.0. The molecule has 0 bridgehead atoms. The summed E-state index contributed by atoms with van der Waals surface area (Å²) in [5.74, 6) is 1.15. The maximum Gasteiger partial charge on any atom is 0.252 e. The Bertz CT molecular complexity index is 1490. The van der Waals surface area contributed by atoms with Gasteiger partial charge in [0, 0.05) is 29.9 Å². The summed E-state index contributed by atoms with van der Waals surface area (Å²) in [7, 11) is 0. The number of tetrazole rings is 1. The van der Waals surface area contributed by atoms with E-state index in [0.717, 1.165) is 22.3 Å². The lowest BCUT2D eigenvalue weighted by Crippen LogP contribution is -2.27. The number of nitrogens with zero attached hydrogens (tertiary/aromatic N) is 7. The van der Waals surface area contributed by atoms with Crippen LogP contribution >= 0.6 is 0 Å². The first-order valence-electron chi connectivity index (χ1n) is 11.6. The molecule has 1 amide bonds. The minimum atomic E-state index is -0.508. The quantitative estimate of drug-likeness (QED) is 0.369. The topological polar surface area (TPSA) is 125 Å². The van der Waals surface area contributed by atoms with Crippen molar-refractivity contribution < 1.29 is 9.32 Å². The summed E-state index contributed by atoms with van der Waals surface area (Å²) in [6.07, 6.45) is 3.96. The van der Waals surface area contributed by atoms with Crippen LogP contribution in [0.15, 0.2) is 71.5 Å². The first-order valence-corrected chi connectivity index (χ1v) is 11.6. The number of carbonyl (C=O) groups is 1. The smallest absolute Gasteiger partial charge is 0.252 e. The van der Waals surface area contributed by atoms with Crippen LogP contribution < -0.4 is 5.32 Å². The molecule has 1 unspecified atom stereocenters. The van der Waals surface area contributed by atoms with Gasteiger partial charge in [-0.3, -0.25) is 9.78 Å². The Kier molecular flexibility index (Phi) is 6.31. The second-order valence-electron chi connectivity index (χ2n) is 8.38. The molecule has 0 aliphatic rings. The zero-order valence-electron chi connectivity index (χ0n) is 20.1. The fourth-order valence-corrected chi connectivity index (χ4v) is 3.78. The lowest BCUT2D eigenvalue weighted by Gasteiger charge is -2.13. The van der Waals surface area contributed by atoms with E-state index in [1.165, 1.54) is 0 Å². The number of hydrogen-bond acceptors (Lipinski definition) is 8. The van der Waals surface area contributed by atoms with Crippen LogP contribution in [0.5, 0.6) is 0 Å². The standard InChI is InChI=1S/C26H24N8O2/c1-4-23-30-32-33-34(23)22-14-20(18-7-5-16(2)6-8-18)13-21(15-22)25(35)28-17(3)26-29-24(31-36-26)19-9-11-27-12-10-19/h5-15,17H,4H2,1-3H3,(H,28,35). The van der Waals surface area contributed by atoms with Crippen molar-refractivity contribution in [3.05, 3.63) is 89.8 Å². The summed E-state index contributed by atoms with van der Waals surface area (Å²) in [6, 6.07) is 16.8. The van der Waals surface area contributed by atoms with Gasteiger partial charge < -0.3 is 9.84 Å². The van der Waals surface area contributed by atoms with Crippen LogP contribution in [0.1, 0.15) is 47.5 Å². The molecule has 0 aliphatic carbocycles. The number of amides is 1. The molecule has 0 saturated heterocycles. The van der Waals surface area contributed by atoms with E-state index < -0.39 is 6.04 Å². The fraction of sp³-hybridized carbons (Fsp3) is 0.192. The Morgan fingerprint density at radius 1 is 1.03 bits per heavy atom. The summed E-state index contributed by atoms with van der Waals surface area (Å²) < 4.78 is 7.06. The molecule has 5 aromatic rings. The number of aryl methyl sites for hydroxylation is 2. The molecule has 3 aromatic heterocycles. The van der Waals surface area contributed by atoms with Gasteiger partial charge in [0.2, 0.25) is 11.7 Å². The average Bonchev–Trinajstić information content (AvgIpc) is 3.59. The lowest BCUT2D eigenvalue weighted by molar-refractivity contribution is 0.0932. The van der Waals surface area contributed by atoms with Crippen molar-refractivity contribution in [2.75, 3.05) is 0 Å². The molecule has 2 aromatic carbocycles. The van der Waals surface area contributed by atoms with E-state index in [2.05, 4.69) is 36.0 Å². The molecule has 0 radical (unpaired) electrons. The summed E-state index contributed by atoms with van der Waals surface area (Å²) in [5, 5.41) is 19.0. The van der Waals surface area contributed by atoms with Crippen molar-refractivity contribution in [1.82, 2.24) is 40.6 Å². The van der Waals surface area contributed by atoms with E-state index >= 15 is 0 Å². The Balaban J connectivity index is 1.46. The first kappa shape index (κ1) is 23.0. The number of benzene rings is 2. The van der Waals surface area contributed by atoms with E-state index in [0.29, 0.717) is 35.2 Å². The van der Waals surface area contributed by atoms with Crippen molar-refractivity contribution in [1.29, 1.82) is 0 Å². The van der Waals surface area contributed by atoms with Crippen LogP contribution in [-0.4, -0.2) is 41.2 Å². The van der Waals surface area contributed by atoms with Crippen molar-refractivity contribution >= 4 is 5.91 Å². The third-order valence-electron chi connectivity index (χ3n) is 5.76. The molecule has 10 heteroatoms. The molecule has 10 nitrogen and oxygen atoms in total. The largest absolute Gasteiger partial charge is 0.341 e. The van der Waals surface area contributed by atoms with E-state index in [1.807, 2.05) is 50.2 Å². The van der Waals surface area contributed by atoms with Gasteiger partial charge in [-0.25, -0.2) is 0 Å². The van der Waals surface area contributed by atoms with Crippen molar-refractivity contribution in [3.8, 4) is 28.2 Å². The highest BCUT2D eigenvalue weighted by Gasteiger charge is 2.20. The third-order valence-corrected chi connectivity index (χ3v) is 5.76. The Labute approximate surface area is 207 Å². The Morgan fingerprint density at radius 3 is 2.56 bits per heavy atom. The highest BCUT2D eigenvalue weighted by Crippen LogP contribution is 2.26. The SMILES string of the molecule is CCc1nnnn1-c1cc(C(=O)NC(C)c2nc(-c3ccncc3)no2)cc(-c2ccc(C)cc2)c1. The van der Waals surface area contributed by atoms with Gasteiger partial charge in [0.25, 0.3) is 5.91 Å². The van der Waals surface area contributed by atoms with Crippen molar-refractivity contribution in [2.24, 2.45) is 0 Å². The van der Waals surface area contributed by atoms with Gasteiger partial charge in [0.05, 0.1) is 5.69 Å². The number of carbonyl (C=O) groups excluding carboxylic acids is 1. The predicted octanol–water partition coefficient (Wildman–Crippen LogP) is 4.14. The van der Waals surface area contributed by atoms with Crippen molar-refractivity contribution in [3.63, 3.8) is 0 Å². The normalized spacial score (nSPS) is 11.9. The van der Waals surface area contributed by atoms with Crippen LogP contribution in [0.4, 0.5) is 0 Å².